The summed E-state index contributed by atoms with van der Waals surface area (Å²) < 4.78 is 0. The van der Waals surface area contributed by atoms with E-state index in [1.54, 1.807) is 5.57 Å². The van der Waals surface area contributed by atoms with Crippen LogP contribution in [0, 0.1) is 5.92 Å². The molecule has 0 saturated heterocycles. The molecule has 0 N–H and O–H groups in total. The summed E-state index contributed by atoms with van der Waals surface area (Å²) in [6, 6.07) is 0. The van der Waals surface area contributed by atoms with Gasteiger partial charge in [-0.25, -0.2) is 0 Å². The summed E-state index contributed by atoms with van der Waals surface area (Å²) in [5.41, 5.74) is 3.07. The van der Waals surface area contributed by atoms with E-state index in [9.17, 15) is 0 Å². The summed E-state index contributed by atoms with van der Waals surface area (Å²) in [5.74, 6) is 0.830. The maximum Gasteiger partial charge on any atom is -0.0288 e. The first kappa shape index (κ1) is 14.5. The Balaban J connectivity index is 3.68. The second-order valence-corrected chi connectivity index (χ2v) is 4.96. The molecule has 0 rings (SSSR count). The highest BCUT2D eigenvalue weighted by Gasteiger charge is 1.93. The minimum atomic E-state index is 0.830. The Morgan fingerprint density at radius 3 is 2.13 bits per heavy atom. The summed E-state index contributed by atoms with van der Waals surface area (Å²) >= 11 is 0. The third-order valence-corrected chi connectivity index (χ3v) is 2.83. The molecule has 0 heterocycles. The largest absolute Gasteiger partial charge is 0.0856 e. The van der Waals surface area contributed by atoms with Crippen molar-refractivity contribution in [3.8, 4) is 0 Å². The molecule has 15 heavy (non-hydrogen) atoms. The zero-order valence-corrected chi connectivity index (χ0v) is 11.3. The van der Waals surface area contributed by atoms with Crippen molar-refractivity contribution in [2.24, 2.45) is 5.92 Å². The van der Waals surface area contributed by atoms with Gasteiger partial charge in [0.1, 0.15) is 0 Å². The van der Waals surface area contributed by atoms with Crippen LogP contribution < -0.4 is 0 Å². The maximum atomic E-state index is 2.41. The lowest BCUT2D eigenvalue weighted by molar-refractivity contribution is 0.592. The normalized spacial score (nSPS) is 13.7. The van der Waals surface area contributed by atoms with Crippen molar-refractivity contribution in [1.82, 2.24) is 0 Å². The average Bonchev–Trinajstić information content (AvgIpc) is 2.17. The van der Waals surface area contributed by atoms with Crippen LogP contribution in [0.5, 0.6) is 0 Å². The van der Waals surface area contributed by atoms with Crippen molar-refractivity contribution in [3.05, 3.63) is 23.3 Å². The van der Waals surface area contributed by atoms with Gasteiger partial charge in [0, 0.05) is 0 Å². The Morgan fingerprint density at radius 2 is 1.60 bits per heavy atom. The third kappa shape index (κ3) is 9.78. The quantitative estimate of drug-likeness (QED) is 0.484. The van der Waals surface area contributed by atoms with Gasteiger partial charge in [0.2, 0.25) is 0 Å². The first-order valence-electron chi connectivity index (χ1n) is 6.37. The van der Waals surface area contributed by atoms with Gasteiger partial charge in [-0.05, 0) is 51.9 Å². The van der Waals surface area contributed by atoms with Crippen LogP contribution in [0.1, 0.15) is 66.7 Å². The second-order valence-electron chi connectivity index (χ2n) is 4.96. The van der Waals surface area contributed by atoms with Gasteiger partial charge in [-0.15, -0.1) is 0 Å². The fraction of sp³-hybridized carbons (Fsp3) is 0.733. The molecule has 0 amide bonds. The molecule has 0 radical (unpaired) electrons. The topological polar surface area (TPSA) is 0 Å². The molecule has 88 valence electrons. The number of hydrogen-bond donors (Lipinski definition) is 0. The average molecular weight is 208 g/mol. The standard InChI is InChI=1S/C15H28/c1-6-14(4)10-8-12-15(5)11-7-9-13(2)3/h10-11,13H,6-9,12H2,1-5H3/b14-10+,15-11?. The first-order chi connectivity index (χ1) is 7.06. The fourth-order valence-corrected chi connectivity index (χ4v) is 1.46. The van der Waals surface area contributed by atoms with Crippen LogP contribution >= 0.6 is 0 Å². The zero-order chi connectivity index (χ0) is 11.7. The van der Waals surface area contributed by atoms with Crippen molar-refractivity contribution in [1.29, 1.82) is 0 Å². The summed E-state index contributed by atoms with van der Waals surface area (Å²) in [7, 11) is 0. The van der Waals surface area contributed by atoms with Gasteiger partial charge >= 0.3 is 0 Å². The van der Waals surface area contributed by atoms with Crippen LogP contribution in [-0.4, -0.2) is 0 Å². The predicted molar refractivity (Wildman–Crippen MR) is 71.1 cm³/mol. The molecule has 0 spiro atoms. The van der Waals surface area contributed by atoms with E-state index in [0.717, 1.165) is 5.92 Å². The lowest BCUT2D eigenvalue weighted by Gasteiger charge is -2.02. The third-order valence-electron chi connectivity index (χ3n) is 2.83. The molecule has 0 atom stereocenters. The van der Waals surface area contributed by atoms with E-state index in [-0.39, 0.29) is 0 Å². The van der Waals surface area contributed by atoms with E-state index < -0.39 is 0 Å². The monoisotopic (exact) mass is 208 g/mol. The highest BCUT2D eigenvalue weighted by atomic mass is 14.0. The molecule has 0 aliphatic carbocycles. The Bertz CT molecular complexity index is 206. The van der Waals surface area contributed by atoms with Crippen molar-refractivity contribution < 1.29 is 0 Å². The molecular weight excluding hydrogens is 180 g/mol. The molecule has 0 nitrogen and oxygen atoms in total. The van der Waals surface area contributed by atoms with E-state index in [4.69, 9.17) is 0 Å². The molecule has 0 aromatic heterocycles. The minimum absolute atomic E-state index is 0.830. The molecule has 0 aliphatic heterocycles. The zero-order valence-electron chi connectivity index (χ0n) is 11.3. The van der Waals surface area contributed by atoms with Crippen molar-refractivity contribution in [2.75, 3.05) is 0 Å². The van der Waals surface area contributed by atoms with Crippen molar-refractivity contribution >= 4 is 0 Å². The summed E-state index contributed by atoms with van der Waals surface area (Å²) in [6.07, 6.45) is 11.0. The molecule has 0 aliphatic rings. The van der Waals surface area contributed by atoms with Crippen LogP contribution in [0.3, 0.4) is 0 Å². The van der Waals surface area contributed by atoms with Gasteiger partial charge < -0.3 is 0 Å². The van der Waals surface area contributed by atoms with Gasteiger partial charge in [-0.1, -0.05) is 44.1 Å². The van der Waals surface area contributed by atoms with Crippen LogP contribution in [-0.2, 0) is 0 Å². The highest BCUT2D eigenvalue weighted by molar-refractivity contribution is 5.03. The van der Waals surface area contributed by atoms with Gasteiger partial charge in [0.25, 0.3) is 0 Å². The minimum Gasteiger partial charge on any atom is -0.0856 e. The molecule has 0 bridgehead atoms. The summed E-state index contributed by atoms with van der Waals surface area (Å²) in [6.45, 7) is 11.3. The number of allylic oxidation sites excluding steroid dienone is 4. The molecule has 0 aromatic rings. The van der Waals surface area contributed by atoms with Crippen LogP contribution in [0.15, 0.2) is 23.3 Å². The highest BCUT2D eigenvalue weighted by Crippen LogP contribution is 2.11. The van der Waals surface area contributed by atoms with Crippen molar-refractivity contribution in [2.45, 2.75) is 66.7 Å². The van der Waals surface area contributed by atoms with Crippen molar-refractivity contribution in [3.63, 3.8) is 0 Å². The lowest BCUT2D eigenvalue weighted by atomic mass is 10.0. The lowest BCUT2D eigenvalue weighted by Crippen LogP contribution is -1.85. The van der Waals surface area contributed by atoms with E-state index >= 15 is 0 Å². The molecule has 0 heteroatoms. The number of hydrogen-bond acceptors (Lipinski definition) is 0. The molecule has 0 saturated carbocycles. The maximum absolute atomic E-state index is 2.41. The molecule has 0 aromatic carbocycles. The van der Waals surface area contributed by atoms with E-state index in [1.807, 2.05) is 0 Å². The van der Waals surface area contributed by atoms with E-state index in [2.05, 4.69) is 46.8 Å². The Labute approximate surface area is 96.5 Å². The first-order valence-corrected chi connectivity index (χ1v) is 6.37. The number of rotatable bonds is 7. The second kappa shape index (κ2) is 8.76. The van der Waals surface area contributed by atoms with Gasteiger partial charge in [0.15, 0.2) is 0 Å². The SMILES string of the molecule is CC/C(C)=C/CCC(C)=CCCC(C)C. The van der Waals surface area contributed by atoms with E-state index in [0.29, 0.717) is 0 Å². The van der Waals surface area contributed by atoms with Crippen LogP contribution in [0.4, 0.5) is 0 Å². The fourth-order valence-electron chi connectivity index (χ4n) is 1.46. The van der Waals surface area contributed by atoms with Crippen LogP contribution in [0.2, 0.25) is 0 Å². The summed E-state index contributed by atoms with van der Waals surface area (Å²) in [4.78, 5) is 0. The Morgan fingerprint density at radius 1 is 1.00 bits per heavy atom. The van der Waals surface area contributed by atoms with E-state index in [1.165, 1.54) is 37.7 Å². The van der Waals surface area contributed by atoms with Gasteiger partial charge in [-0.2, -0.15) is 0 Å². The molecular formula is C15H28. The smallest absolute Gasteiger partial charge is 0.0288 e. The Kier molecular flexibility index (Phi) is 8.46. The molecule has 0 unspecified atom stereocenters. The van der Waals surface area contributed by atoms with Gasteiger partial charge in [-0.3, -0.25) is 0 Å². The Hall–Kier alpha value is -0.520. The molecule has 0 fully saturated rings. The summed E-state index contributed by atoms with van der Waals surface area (Å²) in [5, 5.41) is 0. The van der Waals surface area contributed by atoms with Gasteiger partial charge in [0.05, 0.1) is 0 Å². The predicted octanol–water partition coefficient (Wildman–Crippen LogP) is 5.51. The van der Waals surface area contributed by atoms with Crippen LogP contribution in [0.25, 0.3) is 0 Å².